The molecule has 0 atom stereocenters. The van der Waals surface area contributed by atoms with Gasteiger partial charge in [-0.25, -0.2) is 4.79 Å². The molecule has 0 heterocycles. The summed E-state index contributed by atoms with van der Waals surface area (Å²) in [6.07, 6.45) is 0.768. The fourth-order valence-electron chi connectivity index (χ4n) is 2.17. The minimum absolute atomic E-state index is 0.187. The summed E-state index contributed by atoms with van der Waals surface area (Å²) in [7, 11) is 0. The van der Waals surface area contributed by atoms with Gasteiger partial charge in [-0.3, -0.25) is 0 Å². The molecule has 2 N–H and O–H groups in total. The van der Waals surface area contributed by atoms with Crippen LogP contribution < -0.4 is 15.4 Å². The van der Waals surface area contributed by atoms with Crippen molar-refractivity contribution in [1.82, 2.24) is 10.6 Å². The van der Waals surface area contributed by atoms with Crippen LogP contribution in [-0.4, -0.2) is 25.7 Å². The van der Waals surface area contributed by atoms with Crippen LogP contribution in [0.1, 0.15) is 16.7 Å². The molecule has 0 unspecified atom stereocenters. The van der Waals surface area contributed by atoms with Crippen LogP contribution >= 0.6 is 11.6 Å². The lowest BCUT2D eigenvalue weighted by Crippen LogP contribution is -2.38. The molecule has 2 rings (SSSR count). The molecule has 0 radical (unpaired) electrons. The molecule has 0 spiro atoms. The van der Waals surface area contributed by atoms with Crippen LogP contribution in [0.15, 0.2) is 42.5 Å². The van der Waals surface area contributed by atoms with Gasteiger partial charge in [0.15, 0.2) is 0 Å². The predicted molar refractivity (Wildman–Crippen MR) is 98.0 cm³/mol. The number of carbonyl (C=O) groups excluding carboxylic acids is 1. The van der Waals surface area contributed by atoms with Crippen molar-refractivity contribution in [3.05, 3.63) is 64.2 Å². The molecule has 2 aromatic carbocycles. The van der Waals surface area contributed by atoms with Crippen LogP contribution in [0.25, 0.3) is 0 Å². The van der Waals surface area contributed by atoms with Gasteiger partial charge in [0.2, 0.25) is 0 Å². The fourth-order valence-corrected chi connectivity index (χ4v) is 2.30. The van der Waals surface area contributed by atoms with Crippen molar-refractivity contribution < 1.29 is 9.53 Å². The molecule has 0 saturated heterocycles. The van der Waals surface area contributed by atoms with Gasteiger partial charge in [-0.2, -0.15) is 0 Å². The summed E-state index contributed by atoms with van der Waals surface area (Å²) in [5.74, 6) is 0.822. The highest BCUT2D eigenvalue weighted by molar-refractivity contribution is 6.30. The van der Waals surface area contributed by atoms with Crippen molar-refractivity contribution in [3.63, 3.8) is 0 Å². The molecule has 5 heteroatoms. The zero-order chi connectivity index (χ0) is 17.4. The second-order valence-corrected chi connectivity index (χ2v) is 6.09. The number of halogens is 1. The lowest BCUT2D eigenvalue weighted by molar-refractivity contribution is 0.236. The molecule has 4 nitrogen and oxygen atoms in total. The summed E-state index contributed by atoms with van der Waals surface area (Å²) in [6, 6.07) is 13.4. The van der Waals surface area contributed by atoms with Crippen molar-refractivity contribution in [2.45, 2.75) is 20.3 Å². The minimum atomic E-state index is -0.187. The number of amides is 2. The first-order valence-corrected chi connectivity index (χ1v) is 8.38. The van der Waals surface area contributed by atoms with Gasteiger partial charge in [-0.05, 0) is 61.2 Å². The summed E-state index contributed by atoms with van der Waals surface area (Å²) < 4.78 is 5.62. The molecular weight excluding hydrogens is 324 g/mol. The molecule has 0 bridgehead atoms. The maximum Gasteiger partial charge on any atom is 0.314 e. The Morgan fingerprint density at radius 1 is 1.00 bits per heavy atom. The van der Waals surface area contributed by atoms with E-state index in [0.29, 0.717) is 24.7 Å². The molecule has 0 aliphatic carbocycles. The lowest BCUT2D eigenvalue weighted by Gasteiger charge is -2.10. The van der Waals surface area contributed by atoms with Crippen molar-refractivity contribution in [2.24, 2.45) is 0 Å². The number of aryl methyl sites for hydroxylation is 2. The number of urea groups is 1. The van der Waals surface area contributed by atoms with E-state index < -0.39 is 0 Å². The maximum atomic E-state index is 11.7. The Labute approximate surface area is 148 Å². The van der Waals surface area contributed by atoms with Crippen LogP contribution in [0, 0.1) is 13.8 Å². The van der Waals surface area contributed by atoms with E-state index in [1.807, 2.05) is 42.5 Å². The average Bonchev–Trinajstić information content (AvgIpc) is 2.56. The van der Waals surface area contributed by atoms with Gasteiger partial charge < -0.3 is 15.4 Å². The zero-order valence-corrected chi connectivity index (χ0v) is 14.8. The number of ether oxygens (including phenoxy) is 1. The van der Waals surface area contributed by atoms with E-state index in [1.54, 1.807) is 0 Å². The molecular formula is C19H23ClN2O2. The standard InChI is InChI=1S/C19H23ClN2O2/c1-14-3-8-18(13-15(14)2)24-12-11-22-19(23)21-10-9-16-4-6-17(20)7-5-16/h3-8,13H,9-12H2,1-2H3,(H2,21,22,23). The number of nitrogens with one attached hydrogen (secondary N) is 2. The van der Waals surface area contributed by atoms with E-state index in [2.05, 4.69) is 24.5 Å². The van der Waals surface area contributed by atoms with Crippen molar-refractivity contribution in [2.75, 3.05) is 19.7 Å². The number of carbonyl (C=O) groups is 1. The Kier molecular flexibility index (Phi) is 6.94. The molecule has 0 fully saturated rings. The van der Waals surface area contributed by atoms with Gasteiger partial charge in [0.1, 0.15) is 12.4 Å². The highest BCUT2D eigenvalue weighted by Crippen LogP contribution is 2.16. The number of hydrogen-bond acceptors (Lipinski definition) is 2. The van der Waals surface area contributed by atoms with Gasteiger partial charge in [0.05, 0.1) is 6.54 Å². The summed E-state index contributed by atoms with van der Waals surface area (Å²) in [4.78, 5) is 11.7. The van der Waals surface area contributed by atoms with Gasteiger partial charge in [-0.15, -0.1) is 0 Å². The number of hydrogen-bond donors (Lipinski definition) is 2. The van der Waals surface area contributed by atoms with E-state index in [4.69, 9.17) is 16.3 Å². The molecule has 0 aromatic heterocycles. The van der Waals surface area contributed by atoms with E-state index in [0.717, 1.165) is 17.7 Å². The largest absolute Gasteiger partial charge is 0.492 e. The third-order valence-corrected chi connectivity index (χ3v) is 4.00. The van der Waals surface area contributed by atoms with Crippen LogP contribution in [0.2, 0.25) is 5.02 Å². The zero-order valence-electron chi connectivity index (χ0n) is 14.1. The third kappa shape index (κ3) is 6.13. The number of benzene rings is 2. The van der Waals surface area contributed by atoms with Gasteiger partial charge in [0, 0.05) is 11.6 Å². The first-order valence-electron chi connectivity index (χ1n) is 8.01. The molecule has 2 aromatic rings. The van der Waals surface area contributed by atoms with E-state index >= 15 is 0 Å². The van der Waals surface area contributed by atoms with Crippen LogP contribution in [-0.2, 0) is 6.42 Å². The Morgan fingerprint density at radius 2 is 1.71 bits per heavy atom. The van der Waals surface area contributed by atoms with Crippen molar-refractivity contribution in [3.8, 4) is 5.75 Å². The normalized spacial score (nSPS) is 10.3. The monoisotopic (exact) mass is 346 g/mol. The first-order chi connectivity index (χ1) is 11.5. The molecule has 128 valence electrons. The van der Waals surface area contributed by atoms with Crippen molar-refractivity contribution >= 4 is 17.6 Å². The topological polar surface area (TPSA) is 50.4 Å². The van der Waals surface area contributed by atoms with E-state index in [9.17, 15) is 4.79 Å². The van der Waals surface area contributed by atoms with Crippen LogP contribution in [0.3, 0.4) is 0 Å². The molecule has 24 heavy (non-hydrogen) atoms. The quantitative estimate of drug-likeness (QED) is 0.747. The highest BCUT2D eigenvalue weighted by Gasteiger charge is 2.01. The van der Waals surface area contributed by atoms with Crippen LogP contribution in [0.4, 0.5) is 4.79 Å². The van der Waals surface area contributed by atoms with Gasteiger partial charge >= 0.3 is 6.03 Å². The summed E-state index contributed by atoms with van der Waals surface area (Å²) in [6.45, 7) is 5.59. The van der Waals surface area contributed by atoms with E-state index in [1.165, 1.54) is 11.1 Å². The van der Waals surface area contributed by atoms with Gasteiger partial charge in [-0.1, -0.05) is 29.8 Å². The Morgan fingerprint density at radius 3 is 2.42 bits per heavy atom. The maximum absolute atomic E-state index is 11.7. The molecule has 0 saturated carbocycles. The highest BCUT2D eigenvalue weighted by atomic mass is 35.5. The summed E-state index contributed by atoms with van der Waals surface area (Å²) in [5.41, 5.74) is 3.57. The Balaban J connectivity index is 1.59. The van der Waals surface area contributed by atoms with Gasteiger partial charge in [0.25, 0.3) is 0 Å². The summed E-state index contributed by atoms with van der Waals surface area (Å²) in [5, 5.41) is 6.32. The molecule has 0 aliphatic heterocycles. The van der Waals surface area contributed by atoms with E-state index in [-0.39, 0.29) is 6.03 Å². The first kappa shape index (κ1) is 18.1. The smallest absolute Gasteiger partial charge is 0.314 e. The fraction of sp³-hybridized carbons (Fsp3) is 0.316. The Hall–Kier alpha value is -2.20. The second-order valence-electron chi connectivity index (χ2n) is 5.65. The molecule has 0 aliphatic rings. The predicted octanol–water partition coefficient (Wildman–Crippen LogP) is 3.88. The molecule has 2 amide bonds. The lowest BCUT2D eigenvalue weighted by atomic mass is 10.1. The van der Waals surface area contributed by atoms with Crippen LogP contribution in [0.5, 0.6) is 5.75 Å². The van der Waals surface area contributed by atoms with Crippen molar-refractivity contribution in [1.29, 1.82) is 0 Å². The second kappa shape index (κ2) is 9.18. The Bertz CT molecular complexity index is 672. The number of rotatable bonds is 7. The third-order valence-electron chi connectivity index (χ3n) is 3.75. The summed E-state index contributed by atoms with van der Waals surface area (Å²) >= 11 is 5.84. The average molecular weight is 347 g/mol. The minimum Gasteiger partial charge on any atom is -0.492 e. The SMILES string of the molecule is Cc1ccc(OCCNC(=O)NCCc2ccc(Cl)cc2)cc1C.